The number of carbonyl (C=O) groups is 1. The second-order valence-corrected chi connectivity index (χ2v) is 10.2. The van der Waals surface area contributed by atoms with Crippen molar-refractivity contribution >= 4 is 22.5 Å². The number of carbonyl (C=O) groups excluding carboxylic acids is 1. The van der Waals surface area contributed by atoms with Crippen molar-refractivity contribution in [2.24, 2.45) is 0 Å². The zero-order chi connectivity index (χ0) is 28.6. The number of nitrogens with one attached hydrogen (secondary N) is 2. The normalized spacial score (nSPS) is 18.5. The fourth-order valence-corrected chi connectivity index (χ4v) is 4.70. The number of halogens is 4. The molecule has 0 aliphatic carbocycles. The van der Waals surface area contributed by atoms with Gasteiger partial charge in [0.2, 0.25) is 11.7 Å². The van der Waals surface area contributed by atoms with Crippen LogP contribution in [0.15, 0.2) is 39.5 Å². The third-order valence-corrected chi connectivity index (χ3v) is 6.71. The van der Waals surface area contributed by atoms with Crippen LogP contribution in [0.4, 0.5) is 23.2 Å². The van der Waals surface area contributed by atoms with E-state index in [1.807, 2.05) is 25.8 Å². The molecule has 1 aromatic carbocycles. The number of fused-ring (bicyclic) bond motifs is 1. The van der Waals surface area contributed by atoms with E-state index >= 15 is 0 Å². The van der Waals surface area contributed by atoms with E-state index in [0.717, 1.165) is 4.57 Å². The Morgan fingerprint density at radius 1 is 1.25 bits per heavy atom. The Hall–Kier alpha value is -3.94. The smallest absolute Gasteiger partial charge is 0.406 e. The van der Waals surface area contributed by atoms with Crippen molar-refractivity contribution in [2.75, 3.05) is 25.5 Å². The van der Waals surface area contributed by atoms with Gasteiger partial charge in [-0.3, -0.25) is 4.79 Å². The molecule has 1 aliphatic rings. The van der Waals surface area contributed by atoms with Gasteiger partial charge in [-0.1, -0.05) is 25.1 Å². The van der Waals surface area contributed by atoms with E-state index in [1.54, 1.807) is 18.2 Å². The molecular formula is C26H29F4N7O3. The molecule has 0 unspecified atom stereocenters. The Labute approximate surface area is 226 Å². The average molecular weight is 564 g/mol. The van der Waals surface area contributed by atoms with E-state index in [1.165, 1.54) is 12.3 Å². The van der Waals surface area contributed by atoms with Crippen molar-refractivity contribution in [3.05, 3.63) is 48.0 Å². The summed E-state index contributed by atoms with van der Waals surface area (Å²) in [4.78, 5) is 22.6. The van der Waals surface area contributed by atoms with Crippen LogP contribution in [0.1, 0.15) is 48.5 Å². The van der Waals surface area contributed by atoms with Crippen LogP contribution in [0.2, 0.25) is 0 Å². The molecule has 1 saturated heterocycles. The first kappa shape index (κ1) is 27.6. The third kappa shape index (κ3) is 5.96. The Kier molecular flexibility index (Phi) is 7.53. The predicted octanol–water partition coefficient (Wildman–Crippen LogP) is 4.75. The van der Waals surface area contributed by atoms with Crippen molar-refractivity contribution in [3.63, 3.8) is 0 Å². The highest BCUT2D eigenvalue weighted by molar-refractivity contribution is 5.96. The number of benzene rings is 1. The number of alkyl halides is 4. The van der Waals surface area contributed by atoms with Crippen LogP contribution in [0.25, 0.3) is 22.4 Å². The second-order valence-electron chi connectivity index (χ2n) is 10.2. The van der Waals surface area contributed by atoms with Crippen LogP contribution in [-0.4, -0.2) is 69.0 Å². The lowest BCUT2D eigenvalue weighted by Gasteiger charge is -2.33. The summed E-state index contributed by atoms with van der Waals surface area (Å²) in [5, 5.41) is 10.1. The molecule has 2 N–H and O–H groups in total. The van der Waals surface area contributed by atoms with Crippen molar-refractivity contribution in [3.8, 4) is 11.5 Å². The standard InChI is InChI=1S/C26H29F4N7O3/c1-14(2)25-33-19(12-39-25)24(38)31-10-22-34-23(35-40-22)21-9-15-17(32-18-7-8-36(3)11-16(18)27)5-4-6-20(15)37(21)13-26(28,29)30/h4-6,9,12,14,16,18,32H,7-8,10-11,13H2,1-3H3,(H,31,38)/t16-,18+/m0/s1. The van der Waals surface area contributed by atoms with Gasteiger partial charge < -0.3 is 29.0 Å². The molecule has 0 saturated carbocycles. The molecule has 0 spiro atoms. The van der Waals surface area contributed by atoms with E-state index in [2.05, 4.69) is 25.8 Å². The molecule has 0 bridgehead atoms. The first-order chi connectivity index (χ1) is 19.0. The number of oxazole rings is 1. The highest BCUT2D eigenvalue weighted by Gasteiger charge is 2.32. The number of anilines is 1. The molecule has 1 fully saturated rings. The van der Waals surface area contributed by atoms with Gasteiger partial charge in [0.15, 0.2) is 11.6 Å². The molecule has 1 aliphatic heterocycles. The quantitative estimate of drug-likeness (QED) is 0.295. The molecule has 4 heterocycles. The monoisotopic (exact) mass is 563 g/mol. The number of amides is 1. The van der Waals surface area contributed by atoms with Crippen LogP contribution in [0.3, 0.4) is 0 Å². The second kappa shape index (κ2) is 10.9. The van der Waals surface area contributed by atoms with Crippen LogP contribution in [0, 0.1) is 0 Å². The maximum atomic E-state index is 14.7. The van der Waals surface area contributed by atoms with Crippen LogP contribution in [0.5, 0.6) is 0 Å². The number of nitrogens with zero attached hydrogens (tertiary/aromatic N) is 5. The van der Waals surface area contributed by atoms with Gasteiger partial charge in [0.05, 0.1) is 23.8 Å². The van der Waals surface area contributed by atoms with Crippen molar-refractivity contribution in [2.45, 2.75) is 57.7 Å². The highest BCUT2D eigenvalue weighted by atomic mass is 19.4. The first-order valence-corrected chi connectivity index (χ1v) is 12.8. The lowest BCUT2D eigenvalue weighted by atomic mass is 10.0. The van der Waals surface area contributed by atoms with Crippen molar-refractivity contribution < 1.29 is 31.3 Å². The minimum atomic E-state index is -4.53. The van der Waals surface area contributed by atoms with Gasteiger partial charge in [0.25, 0.3) is 5.91 Å². The molecule has 40 heavy (non-hydrogen) atoms. The molecule has 0 radical (unpaired) electrons. The summed E-state index contributed by atoms with van der Waals surface area (Å²) >= 11 is 0. The molecule has 4 aromatic rings. The van der Waals surface area contributed by atoms with Crippen LogP contribution in [-0.2, 0) is 13.1 Å². The number of aromatic nitrogens is 4. The van der Waals surface area contributed by atoms with Gasteiger partial charge >= 0.3 is 6.18 Å². The van der Waals surface area contributed by atoms with Gasteiger partial charge in [-0.25, -0.2) is 9.37 Å². The molecule has 1 amide bonds. The molecule has 5 rings (SSSR count). The zero-order valence-corrected chi connectivity index (χ0v) is 22.1. The summed E-state index contributed by atoms with van der Waals surface area (Å²) in [5.74, 6) is -0.208. The lowest BCUT2D eigenvalue weighted by Crippen LogP contribution is -2.46. The number of hydrogen-bond donors (Lipinski definition) is 2. The molecular weight excluding hydrogens is 534 g/mol. The van der Waals surface area contributed by atoms with Crippen molar-refractivity contribution in [1.29, 1.82) is 0 Å². The van der Waals surface area contributed by atoms with Crippen LogP contribution < -0.4 is 10.6 Å². The van der Waals surface area contributed by atoms with E-state index < -0.39 is 30.8 Å². The Morgan fingerprint density at radius 2 is 2.05 bits per heavy atom. The van der Waals surface area contributed by atoms with Gasteiger partial charge in [0, 0.05) is 30.1 Å². The topological polar surface area (TPSA) is 114 Å². The molecule has 214 valence electrons. The largest absolute Gasteiger partial charge is 0.448 e. The van der Waals surface area contributed by atoms with E-state index in [-0.39, 0.29) is 47.6 Å². The fraction of sp³-hybridized carbons (Fsp3) is 0.462. The number of rotatable bonds is 8. The summed E-state index contributed by atoms with van der Waals surface area (Å²) in [7, 11) is 1.84. The van der Waals surface area contributed by atoms with Gasteiger partial charge in [-0.05, 0) is 31.7 Å². The Bertz CT molecular complexity index is 1490. The third-order valence-electron chi connectivity index (χ3n) is 6.71. The summed E-state index contributed by atoms with van der Waals surface area (Å²) in [6.45, 7) is 3.25. The average Bonchev–Trinajstić information content (AvgIpc) is 3.63. The Balaban J connectivity index is 1.40. The van der Waals surface area contributed by atoms with Crippen molar-refractivity contribution in [1.82, 2.24) is 29.9 Å². The first-order valence-electron chi connectivity index (χ1n) is 12.8. The van der Waals surface area contributed by atoms with E-state index in [0.29, 0.717) is 29.9 Å². The number of hydrogen-bond acceptors (Lipinski definition) is 8. The maximum Gasteiger partial charge on any atom is 0.406 e. The molecule has 10 nitrogen and oxygen atoms in total. The zero-order valence-electron chi connectivity index (χ0n) is 22.1. The SMILES string of the molecule is CC(C)c1nc(C(=O)NCc2nc(-c3cc4c(N[C@@H]5CCN(C)C[C@@H]5F)cccc4n3CC(F)(F)F)no2)co1. The maximum absolute atomic E-state index is 14.7. The number of piperidine rings is 1. The summed E-state index contributed by atoms with van der Waals surface area (Å²) in [6.07, 6.45) is -3.87. The summed E-state index contributed by atoms with van der Waals surface area (Å²) < 4.78 is 67.1. The van der Waals surface area contributed by atoms with Crippen LogP contribution >= 0.6 is 0 Å². The molecule has 14 heteroatoms. The summed E-state index contributed by atoms with van der Waals surface area (Å²) in [5.41, 5.74) is 0.948. The minimum absolute atomic E-state index is 0.00184. The van der Waals surface area contributed by atoms with Gasteiger partial charge in [0.1, 0.15) is 19.0 Å². The molecule has 3 aromatic heterocycles. The van der Waals surface area contributed by atoms with Gasteiger partial charge in [-0.2, -0.15) is 18.2 Å². The summed E-state index contributed by atoms with van der Waals surface area (Å²) in [6, 6.07) is 5.94. The Morgan fingerprint density at radius 3 is 2.75 bits per heavy atom. The van der Waals surface area contributed by atoms with E-state index in [4.69, 9.17) is 8.94 Å². The lowest BCUT2D eigenvalue weighted by molar-refractivity contribution is -0.139. The fourth-order valence-electron chi connectivity index (χ4n) is 4.70. The van der Waals surface area contributed by atoms with E-state index in [9.17, 15) is 22.4 Å². The number of likely N-dealkylation sites (tertiary alicyclic amines) is 1. The predicted molar refractivity (Wildman–Crippen MR) is 137 cm³/mol. The highest BCUT2D eigenvalue weighted by Crippen LogP contribution is 2.35. The minimum Gasteiger partial charge on any atom is -0.448 e. The molecule has 2 atom stereocenters. The van der Waals surface area contributed by atoms with Gasteiger partial charge in [-0.15, -0.1) is 0 Å².